The normalized spacial score (nSPS) is 25.2. The summed E-state index contributed by atoms with van der Waals surface area (Å²) < 4.78 is 12.5. The molecule has 0 aliphatic carbocycles. The molecule has 41 heavy (non-hydrogen) atoms. The number of fused-ring (bicyclic) bond motifs is 4. The Labute approximate surface area is 246 Å². The van der Waals surface area contributed by atoms with E-state index in [0.717, 1.165) is 58.5 Å². The van der Waals surface area contributed by atoms with Crippen molar-refractivity contribution in [3.63, 3.8) is 0 Å². The van der Waals surface area contributed by atoms with Crippen LogP contribution in [0.3, 0.4) is 0 Å². The summed E-state index contributed by atoms with van der Waals surface area (Å²) in [4.78, 5) is 4.59. The number of nitrogens with zero attached hydrogens (tertiary/aromatic N) is 2. The molecular formula is C36H49N2O3+. The zero-order valence-corrected chi connectivity index (χ0v) is 26.3. The zero-order valence-electron chi connectivity index (χ0n) is 26.3. The van der Waals surface area contributed by atoms with Crippen molar-refractivity contribution in [2.45, 2.75) is 83.9 Å². The summed E-state index contributed by atoms with van der Waals surface area (Å²) in [6, 6.07) is 12.8. The van der Waals surface area contributed by atoms with E-state index in [1.165, 1.54) is 23.1 Å². The van der Waals surface area contributed by atoms with E-state index in [0.29, 0.717) is 11.8 Å². The topological polar surface area (TPSA) is 51.6 Å². The van der Waals surface area contributed by atoms with E-state index in [1.807, 2.05) is 30.5 Å². The molecule has 2 bridgehead atoms. The number of hydrogen-bond acceptors (Lipinski definition) is 4. The first-order valence-corrected chi connectivity index (χ1v) is 15.1. The minimum absolute atomic E-state index is 0.0617. The van der Waals surface area contributed by atoms with Crippen molar-refractivity contribution < 1.29 is 19.1 Å². The van der Waals surface area contributed by atoms with Gasteiger partial charge in [0, 0.05) is 47.0 Å². The van der Waals surface area contributed by atoms with Crippen molar-refractivity contribution in [2.75, 3.05) is 27.3 Å². The Morgan fingerprint density at radius 1 is 1.02 bits per heavy atom. The lowest BCUT2D eigenvalue weighted by atomic mass is 9.70. The van der Waals surface area contributed by atoms with Crippen LogP contribution in [0.5, 0.6) is 11.5 Å². The van der Waals surface area contributed by atoms with Crippen LogP contribution >= 0.6 is 0 Å². The standard InChI is InChI=1S/C36H49N2O3/c1-10-24-22-38(21-23-17-29(35(2,3)4)34(41-9)30(18-23)36(5,6)7)16-14-25(24)19-32(38)33(39)27-13-15-37-31-12-11-26(40-8)20-28(27)31/h10-13,15,17-18,20,24-25,32-33,39H,1,14,16,19,21-22H2,2-9H3/q+1/t24-,25-,32-,33+,38?/m0/s1. The van der Waals surface area contributed by atoms with Gasteiger partial charge in [0.1, 0.15) is 30.2 Å². The highest BCUT2D eigenvalue weighted by atomic mass is 16.5. The first-order chi connectivity index (χ1) is 19.3. The predicted octanol–water partition coefficient (Wildman–Crippen LogP) is 7.49. The highest BCUT2D eigenvalue weighted by Gasteiger charge is 2.54. The maximum Gasteiger partial charge on any atom is 0.131 e. The molecule has 0 radical (unpaired) electrons. The number of benzene rings is 2. The molecule has 5 nitrogen and oxygen atoms in total. The fourth-order valence-corrected chi connectivity index (χ4v) is 7.60. The van der Waals surface area contributed by atoms with E-state index in [4.69, 9.17) is 9.47 Å². The van der Waals surface area contributed by atoms with Gasteiger partial charge in [0.25, 0.3) is 0 Å². The molecule has 3 saturated heterocycles. The smallest absolute Gasteiger partial charge is 0.131 e. The van der Waals surface area contributed by atoms with Crippen LogP contribution in [-0.2, 0) is 17.4 Å². The van der Waals surface area contributed by atoms with Crippen molar-refractivity contribution in [1.82, 2.24) is 4.98 Å². The van der Waals surface area contributed by atoms with E-state index >= 15 is 0 Å². The van der Waals surface area contributed by atoms with Gasteiger partial charge in [-0.15, -0.1) is 6.58 Å². The summed E-state index contributed by atoms with van der Waals surface area (Å²) >= 11 is 0. The maximum atomic E-state index is 12.3. The molecule has 2 aromatic carbocycles. The minimum atomic E-state index is -0.608. The number of piperidine rings is 3. The predicted molar refractivity (Wildman–Crippen MR) is 168 cm³/mol. The molecule has 3 aliphatic rings. The van der Waals surface area contributed by atoms with Gasteiger partial charge in [0.05, 0.1) is 32.8 Å². The number of aliphatic hydroxyl groups excluding tert-OH is 1. The Morgan fingerprint density at radius 3 is 2.29 bits per heavy atom. The van der Waals surface area contributed by atoms with Gasteiger partial charge in [0.15, 0.2) is 0 Å². The van der Waals surface area contributed by atoms with Gasteiger partial charge in [-0.25, -0.2) is 0 Å². The first-order valence-electron chi connectivity index (χ1n) is 15.1. The summed E-state index contributed by atoms with van der Waals surface area (Å²) in [5.74, 6) is 2.80. The molecule has 5 atom stereocenters. The lowest BCUT2D eigenvalue weighted by Crippen LogP contribution is -2.67. The summed E-state index contributed by atoms with van der Waals surface area (Å²) in [7, 11) is 3.48. The van der Waals surface area contributed by atoms with E-state index in [-0.39, 0.29) is 16.9 Å². The van der Waals surface area contributed by atoms with Crippen LogP contribution in [0.15, 0.2) is 55.3 Å². The van der Waals surface area contributed by atoms with Crippen LogP contribution in [0.25, 0.3) is 10.9 Å². The first kappa shape index (κ1) is 29.6. The van der Waals surface area contributed by atoms with E-state index in [1.54, 1.807) is 14.2 Å². The number of methoxy groups -OCH3 is 2. The Morgan fingerprint density at radius 2 is 1.71 bits per heavy atom. The number of aliphatic hydroxyl groups is 1. The molecule has 1 N–H and O–H groups in total. The van der Waals surface area contributed by atoms with Gasteiger partial charge in [0.2, 0.25) is 0 Å². The van der Waals surface area contributed by atoms with Crippen LogP contribution in [0.1, 0.15) is 82.7 Å². The number of aromatic nitrogens is 1. The second kappa shape index (κ2) is 10.7. The molecule has 3 aromatic rings. The van der Waals surface area contributed by atoms with E-state index in [9.17, 15) is 5.11 Å². The Bertz CT molecular complexity index is 1400. The number of pyridine rings is 1. The third kappa shape index (κ3) is 5.39. The van der Waals surface area contributed by atoms with Crippen molar-refractivity contribution in [1.29, 1.82) is 0 Å². The van der Waals surface area contributed by atoms with Crippen LogP contribution in [0, 0.1) is 11.8 Å². The van der Waals surface area contributed by atoms with Crippen LogP contribution in [-0.4, -0.2) is 47.9 Å². The SMILES string of the molecule is C=C[C@H]1C[N+]2(Cc3cc(C(C)(C)C)c(OC)c(C(C)(C)C)c3)CC[C@H]1C[C@H]2[C@H](O)c1ccnc2ccc(OC)cc12. The van der Waals surface area contributed by atoms with Gasteiger partial charge in [-0.3, -0.25) is 4.98 Å². The number of ether oxygens (including phenoxy) is 2. The fourth-order valence-electron chi connectivity index (χ4n) is 7.60. The van der Waals surface area contributed by atoms with Gasteiger partial charge in [-0.05, 0) is 58.7 Å². The zero-order chi connectivity index (χ0) is 29.7. The summed E-state index contributed by atoms with van der Waals surface area (Å²) in [6.07, 6.45) is 5.54. The minimum Gasteiger partial charge on any atom is -0.497 e. The molecule has 1 unspecified atom stereocenters. The van der Waals surface area contributed by atoms with Crippen LogP contribution < -0.4 is 9.47 Å². The number of hydrogen-bond donors (Lipinski definition) is 1. The lowest BCUT2D eigenvalue weighted by molar-refractivity contribution is -0.984. The van der Waals surface area contributed by atoms with Crippen molar-refractivity contribution in [2.24, 2.45) is 11.8 Å². The van der Waals surface area contributed by atoms with Gasteiger partial charge in [-0.1, -0.05) is 47.6 Å². The highest BCUT2D eigenvalue weighted by Crippen LogP contribution is 2.49. The number of rotatable bonds is 7. The molecule has 3 aliphatic heterocycles. The van der Waals surface area contributed by atoms with Crippen LogP contribution in [0.4, 0.5) is 0 Å². The molecule has 6 rings (SSSR count). The molecule has 0 spiro atoms. The van der Waals surface area contributed by atoms with E-state index < -0.39 is 6.10 Å². The quantitative estimate of drug-likeness (QED) is 0.242. The molecule has 1 aromatic heterocycles. The lowest BCUT2D eigenvalue weighted by Gasteiger charge is -2.58. The average Bonchev–Trinajstić information content (AvgIpc) is 2.94. The van der Waals surface area contributed by atoms with Crippen molar-refractivity contribution in [3.8, 4) is 11.5 Å². The molecule has 4 heterocycles. The molecule has 220 valence electrons. The molecule has 3 fully saturated rings. The second-order valence-corrected chi connectivity index (χ2v) is 14.5. The largest absolute Gasteiger partial charge is 0.497 e. The van der Waals surface area contributed by atoms with E-state index in [2.05, 4.69) is 71.3 Å². The molecule has 0 saturated carbocycles. The third-order valence-electron chi connectivity index (χ3n) is 9.81. The number of quaternary nitrogens is 1. The molecular weight excluding hydrogens is 508 g/mol. The van der Waals surface area contributed by atoms with Gasteiger partial charge >= 0.3 is 0 Å². The molecule has 5 heteroatoms. The average molecular weight is 558 g/mol. The van der Waals surface area contributed by atoms with Crippen LogP contribution in [0.2, 0.25) is 0 Å². The Kier molecular flexibility index (Phi) is 7.76. The maximum absolute atomic E-state index is 12.3. The van der Waals surface area contributed by atoms with Crippen molar-refractivity contribution >= 4 is 10.9 Å². The monoisotopic (exact) mass is 557 g/mol. The summed E-state index contributed by atoms with van der Waals surface area (Å²) in [5, 5.41) is 13.2. The fraction of sp³-hybridized carbons (Fsp3) is 0.528. The Balaban J connectivity index is 1.63. The Hall–Kier alpha value is -2.89. The molecule has 0 amide bonds. The van der Waals surface area contributed by atoms with Gasteiger partial charge < -0.3 is 19.1 Å². The highest BCUT2D eigenvalue weighted by molar-refractivity contribution is 5.84. The van der Waals surface area contributed by atoms with Gasteiger partial charge in [-0.2, -0.15) is 0 Å². The third-order valence-corrected chi connectivity index (χ3v) is 9.81. The summed E-state index contributed by atoms with van der Waals surface area (Å²) in [6.45, 7) is 20.8. The second-order valence-electron chi connectivity index (χ2n) is 14.5. The summed E-state index contributed by atoms with van der Waals surface area (Å²) in [5.41, 5.74) is 5.52. The van der Waals surface area contributed by atoms with Crippen molar-refractivity contribution in [3.05, 3.63) is 77.5 Å².